The summed E-state index contributed by atoms with van der Waals surface area (Å²) in [7, 11) is 1.76. The molecule has 1 aliphatic rings. The van der Waals surface area contributed by atoms with Gasteiger partial charge in [0.05, 0.1) is 16.9 Å². The zero-order valence-electron chi connectivity index (χ0n) is 25.6. The van der Waals surface area contributed by atoms with Gasteiger partial charge in [0.1, 0.15) is 11.5 Å². The summed E-state index contributed by atoms with van der Waals surface area (Å²) in [5.74, 6) is -2.59. The number of aryl methyl sites for hydroxylation is 2. The van der Waals surface area contributed by atoms with Crippen LogP contribution < -0.4 is 4.74 Å². The van der Waals surface area contributed by atoms with Gasteiger partial charge in [-0.3, -0.25) is 9.67 Å². The van der Waals surface area contributed by atoms with E-state index in [9.17, 15) is 0 Å². The molecule has 236 valence electrons. The quantitative estimate of drug-likeness (QED) is 0.210. The topological polar surface area (TPSA) is 86.4 Å². The van der Waals surface area contributed by atoms with E-state index in [1.54, 1.807) is 41.1 Å². The van der Waals surface area contributed by atoms with Gasteiger partial charge < -0.3 is 9.72 Å². The molecule has 46 heavy (non-hydrogen) atoms. The van der Waals surface area contributed by atoms with Crippen LogP contribution in [0.5, 0.6) is 5.88 Å². The minimum absolute atomic E-state index is 0.0684. The Bertz CT molecular complexity index is 2050. The first kappa shape index (κ1) is 30.1. The van der Waals surface area contributed by atoms with Crippen LogP contribution >= 0.6 is 11.8 Å². The summed E-state index contributed by atoms with van der Waals surface area (Å²) in [6.45, 7) is 3.32. The maximum Gasteiger partial charge on any atom is 0.281 e. The second kappa shape index (κ2) is 11.7. The molecule has 0 fully saturated rings. The van der Waals surface area contributed by atoms with Crippen LogP contribution in [0.15, 0.2) is 83.0 Å². The Hall–Kier alpha value is -4.58. The number of fused-ring (bicyclic) bond motifs is 10. The number of rotatable bonds is 2. The molecular formula is C34H32F3N7OS. The Morgan fingerprint density at radius 2 is 1.93 bits per heavy atom. The summed E-state index contributed by atoms with van der Waals surface area (Å²) < 4.78 is 55.5. The summed E-state index contributed by atoms with van der Waals surface area (Å²) in [5.41, 5.74) is 2.88. The number of ether oxygens (including phenoxy) is 1. The van der Waals surface area contributed by atoms with Gasteiger partial charge in [-0.15, -0.1) is 5.10 Å². The minimum atomic E-state index is -3.16. The first-order valence-electron chi connectivity index (χ1n) is 15.1. The lowest BCUT2D eigenvalue weighted by molar-refractivity contribution is -0.0532. The van der Waals surface area contributed by atoms with Gasteiger partial charge in [0.15, 0.2) is 18.3 Å². The van der Waals surface area contributed by atoms with Gasteiger partial charge in [-0.1, -0.05) is 43.0 Å². The predicted octanol–water partition coefficient (Wildman–Crippen LogP) is 7.57. The standard InChI is InChI=1S/C34H32F3N7OS/c1-4-21-6-5-7-22(16-21)33(2)11-12-34(36,37)20-45-29-10-15-44(41-29)19-25-24-9-14-38-27(24)18-26(35)30(25)46-23-8-13-39-28(17-23)31-40-32(33)42-43(31)3/h5-10,13-18,38H,4,11-12,19-20H2,1-3H3. The van der Waals surface area contributed by atoms with Gasteiger partial charge in [0, 0.05) is 53.9 Å². The zero-order chi connectivity index (χ0) is 32.1. The molecule has 1 unspecified atom stereocenters. The molecule has 0 radical (unpaired) electrons. The molecule has 1 atom stereocenters. The molecule has 0 amide bonds. The van der Waals surface area contributed by atoms with Gasteiger partial charge in [-0.25, -0.2) is 22.8 Å². The molecule has 0 saturated carbocycles. The highest BCUT2D eigenvalue weighted by atomic mass is 32.2. The summed E-state index contributed by atoms with van der Waals surface area (Å²) in [5, 5.41) is 9.99. The summed E-state index contributed by atoms with van der Waals surface area (Å²) in [4.78, 5) is 13.7. The largest absolute Gasteiger partial charge is 0.470 e. The Balaban J connectivity index is 1.38. The first-order valence-corrected chi connectivity index (χ1v) is 15.9. The van der Waals surface area contributed by atoms with E-state index in [0.717, 1.165) is 27.8 Å². The maximum absolute atomic E-state index is 15.7. The third-order valence-electron chi connectivity index (χ3n) is 8.63. The van der Waals surface area contributed by atoms with Gasteiger partial charge in [0.25, 0.3) is 5.92 Å². The second-order valence-electron chi connectivity index (χ2n) is 11.8. The number of pyridine rings is 1. The summed E-state index contributed by atoms with van der Waals surface area (Å²) in [6, 6.07) is 16.5. The molecule has 2 aromatic carbocycles. The predicted molar refractivity (Wildman–Crippen MR) is 170 cm³/mol. The number of benzene rings is 2. The van der Waals surface area contributed by atoms with Gasteiger partial charge in [-0.2, -0.15) is 5.10 Å². The molecule has 4 aromatic heterocycles. The lowest BCUT2D eigenvalue weighted by Gasteiger charge is -2.29. The van der Waals surface area contributed by atoms with Crippen LogP contribution in [0.1, 0.15) is 49.2 Å². The van der Waals surface area contributed by atoms with E-state index >= 15 is 13.2 Å². The number of hydrogen-bond donors (Lipinski definition) is 1. The first-order chi connectivity index (χ1) is 22.1. The zero-order valence-corrected chi connectivity index (χ0v) is 26.4. The number of hydrogen-bond acceptors (Lipinski definition) is 6. The van der Waals surface area contributed by atoms with E-state index in [4.69, 9.17) is 14.8 Å². The Morgan fingerprint density at radius 1 is 1.07 bits per heavy atom. The van der Waals surface area contributed by atoms with E-state index in [-0.39, 0.29) is 18.8 Å². The number of nitrogens with zero attached hydrogens (tertiary/aromatic N) is 6. The van der Waals surface area contributed by atoms with Crippen molar-refractivity contribution in [2.24, 2.45) is 7.05 Å². The molecule has 1 N–H and O–H groups in total. The molecule has 0 aliphatic carbocycles. The fourth-order valence-electron chi connectivity index (χ4n) is 5.92. The van der Waals surface area contributed by atoms with Crippen molar-refractivity contribution in [1.82, 2.24) is 34.5 Å². The highest BCUT2D eigenvalue weighted by molar-refractivity contribution is 7.99. The number of aromatic nitrogens is 7. The van der Waals surface area contributed by atoms with Crippen molar-refractivity contribution in [3.8, 4) is 17.4 Å². The molecule has 6 bridgehead atoms. The molecule has 8 nitrogen and oxygen atoms in total. The SMILES string of the molecule is CCc1cccc(C2(C)CCC(F)(F)COc3ccn(n3)Cc3c(c(F)cc4[nH]ccc34)Sc3ccnc(c3)-c3nc2nn3C)c1. The summed E-state index contributed by atoms with van der Waals surface area (Å²) in [6.07, 6.45) is 5.47. The van der Waals surface area contributed by atoms with Crippen LogP contribution in [0.2, 0.25) is 0 Å². The lowest BCUT2D eigenvalue weighted by atomic mass is 9.76. The number of H-pyrrole nitrogens is 1. The van der Waals surface area contributed by atoms with Crippen molar-refractivity contribution in [3.05, 3.63) is 102 Å². The van der Waals surface area contributed by atoms with Crippen LogP contribution in [0, 0.1) is 5.82 Å². The number of aromatic amines is 1. The van der Waals surface area contributed by atoms with Crippen molar-refractivity contribution in [2.45, 2.75) is 60.8 Å². The van der Waals surface area contributed by atoms with Crippen LogP contribution in [0.25, 0.3) is 22.4 Å². The monoisotopic (exact) mass is 643 g/mol. The van der Waals surface area contributed by atoms with Gasteiger partial charge in [-0.05, 0) is 60.7 Å². The summed E-state index contributed by atoms with van der Waals surface area (Å²) >= 11 is 1.28. The van der Waals surface area contributed by atoms with E-state index in [0.29, 0.717) is 33.3 Å². The van der Waals surface area contributed by atoms with E-state index in [2.05, 4.69) is 22.0 Å². The van der Waals surface area contributed by atoms with Crippen molar-refractivity contribution >= 4 is 22.7 Å². The third kappa shape index (κ3) is 5.66. The second-order valence-corrected chi connectivity index (χ2v) is 12.9. The average Bonchev–Trinajstić information content (AvgIpc) is 3.80. The smallest absolute Gasteiger partial charge is 0.281 e. The minimum Gasteiger partial charge on any atom is -0.470 e. The number of halogens is 3. The Kier molecular flexibility index (Phi) is 7.62. The molecule has 6 aromatic rings. The molecule has 7 rings (SSSR count). The van der Waals surface area contributed by atoms with E-state index < -0.39 is 30.2 Å². The van der Waals surface area contributed by atoms with E-state index in [1.807, 2.05) is 49.4 Å². The highest BCUT2D eigenvalue weighted by Gasteiger charge is 2.40. The fourth-order valence-corrected chi connectivity index (χ4v) is 6.91. The molecule has 1 aliphatic heterocycles. The van der Waals surface area contributed by atoms with Crippen LogP contribution in [-0.2, 0) is 25.4 Å². The lowest BCUT2D eigenvalue weighted by Crippen LogP contribution is -2.32. The van der Waals surface area contributed by atoms with Crippen LogP contribution in [0.4, 0.5) is 13.2 Å². The Morgan fingerprint density at radius 3 is 2.78 bits per heavy atom. The normalized spacial score (nSPS) is 18.3. The van der Waals surface area contributed by atoms with Crippen molar-refractivity contribution in [1.29, 1.82) is 0 Å². The number of nitrogens with one attached hydrogen (secondary N) is 1. The van der Waals surface area contributed by atoms with E-state index in [1.165, 1.54) is 17.8 Å². The molecule has 12 heteroatoms. The van der Waals surface area contributed by atoms with Crippen LogP contribution in [0.3, 0.4) is 0 Å². The van der Waals surface area contributed by atoms with Crippen LogP contribution in [-0.4, -0.2) is 47.0 Å². The van der Waals surface area contributed by atoms with Gasteiger partial charge >= 0.3 is 0 Å². The molecular weight excluding hydrogens is 611 g/mol. The highest BCUT2D eigenvalue weighted by Crippen LogP contribution is 2.41. The third-order valence-corrected chi connectivity index (χ3v) is 9.77. The van der Waals surface area contributed by atoms with Crippen molar-refractivity contribution < 1.29 is 17.9 Å². The molecule has 0 saturated heterocycles. The fraction of sp³-hybridized carbons (Fsp3) is 0.294. The number of alkyl halides is 2. The molecule has 0 spiro atoms. The van der Waals surface area contributed by atoms with Gasteiger partial charge in [0.2, 0.25) is 5.88 Å². The maximum atomic E-state index is 15.7. The Labute approximate surface area is 268 Å². The van der Waals surface area contributed by atoms with Crippen molar-refractivity contribution in [3.63, 3.8) is 0 Å². The molecule has 5 heterocycles. The van der Waals surface area contributed by atoms with Crippen molar-refractivity contribution in [2.75, 3.05) is 6.61 Å². The average molecular weight is 644 g/mol.